The highest BCUT2D eigenvalue weighted by molar-refractivity contribution is 5.82. The number of hydrogen-bond donors (Lipinski definition) is 2. The molecule has 4 rings (SSSR count). The molecule has 0 aliphatic carbocycles. The molecule has 172 valence electrons. The number of para-hydroxylation sites is 1. The summed E-state index contributed by atoms with van der Waals surface area (Å²) in [4.78, 5) is 32.1. The summed E-state index contributed by atoms with van der Waals surface area (Å²) in [5, 5.41) is 10.2. The molecule has 33 heavy (non-hydrogen) atoms. The number of aromatic nitrogens is 3. The smallest absolute Gasteiger partial charge is 0.226 e. The molecule has 2 atom stereocenters. The standard InChI is InChI=1S/C25H29N5O3/c1-18-26-24(29-28-18)23(19-9-4-2-5-10-19)27-25(32)20-11-8-15-30(17-20)22(31)14-16-33-21-12-6-3-7-13-21/h2-7,9-10,12-13,20,23H,8,11,14-17H2,1H3,(H,27,32)(H,26,28,29). The first-order chi connectivity index (χ1) is 16.1. The second-order valence-electron chi connectivity index (χ2n) is 8.22. The zero-order valence-corrected chi connectivity index (χ0v) is 18.7. The molecule has 1 aliphatic rings. The van der Waals surface area contributed by atoms with E-state index in [0.29, 0.717) is 31.3 Å². The van der Waals surface area contributed by atoms with Crippen LogP contribution in [-0.2, 0) is 9.59 Å². The number of rotatable bonds is 8. The summed E-state index contributed by atoms with van der Waals surface area (Å²) in [6.45, 7) is 3.21. The molecular formula is C25H29N5O3. The van der Waals surface area contributed by atoms with Gasteiger partial charge in [-0.15, -0.1) is 0 Å². The van der Waals surface area contributed by atoms with Crippen molar-refractivity contribution in [1.82, 2.24) is 25.4 Å². The van der Waals surface area contributed by atoms with Crippen molar-refractivity contribution < 1.29 is 14.3 Å². The van der Waals surface area contributed by atoms with Gasteiger partial charge in [-0.3, -0.25) is 14.7 Å². The number of likely N-dealkylation sites (tertiary alicyclic amines) is 1. The van der Waals surface area contributed by atoms with Crippen molar-refractivity contribution in [2.24, 2.45) is 5.92 Å². The Kier molecular flexibility index (Phi) is 7.34. The van der Waals surface area contributed by atoms with Crippen LogP contribution in [0.25, 0.3) is 0 Å². The van der Waals surface area contributed by atoms with Gasteiger partial charge >= 0.3 is 0 Å². The van der Waals surface area contributed by atoms with E-state index in [9.17, 15) is 9.59 Å². The molecule has 1 aliphatic heterocycles. The fourth-order valence-corrected chi connectivity index (χ4v) is 4.04. The van der Waals surface area contributed by atoms with Crippen molar-refractivity contribution in [3.63, 3.8) is 0 Å². The summed E-state index contributed by atoms with van der Waals surface area (Å²) in [5.41, 5.74) is 0.909. The van der Waals surface area contributed by atoms with E-state index in [2.05, 4.69) is 20.5 Å². The van der Waals surface area contributed by atoms with Gasteiger partial charge in [0.05, 0.1) is 18.9 Å². The van der Waals surface area contributed by atoms with E-state index in [1.807, 2.05) is 67.6 Å². The third-order valence-electron chi connectivity index (χ3n) is 5.76. The Balaban J connectivity index is 1.35. The van der Waals surface area contributed by atoms with E-state index >= 15 is 0 Å². The first-order valence-electron chi connectivity index (χ1n) is 11.3. The van der Waals surface area contributed by atoms with Gasteiger partial charge in [-0.05, 0) is 37.5 Å². The van der Waals surface area contributed by atoms with E-state index in [1.165, 1.54) is 0 Å². The molecule has 0 bridgehead atoms. The lowest BCUT2D eigenvalue weighted by Gasteiger charge is -2.33. The van der Waals surface area contributed by atoms with E-state index in [4.69, 9.17) is 4.74 Å². The molecule has 2 unspecified atom stereocenters. The largest absolute Gasteiger partial charge is 0.493 e. The number of benzene rings is 2. The van der Waals surface area contributed by atoms with Crippen molar-refractivity contribution in [2.45, 2.75) is 32.2 Å². The molecule has 1 aromatic heterocycles. The van der Waals surface area contributed by atoms with E-state index in [0.717, 1.165) is 24.2 Å². The number of carbonyl (C=O) groups excluding carboxylic acids is 2. The van der Waals surface area contributed by atoms with Crippen LogP contribution in [0, 0.1) is 12.8 Å². The monoisotopic (exact) mass is 447 g/mol. The van der Waals surface area contributed by atoms with E-state index in [-0.39, 0.29) is 24.2 Å². The van der Waals surface area contributed by atoms with Crippen LogP contribution in [0.3, 0.4) is 0 Å². The number of H-pyrrole nitrogens is 1. The van der Waals surface area contributed by atoms with Crippen LogP contribution in [0.2, 0.25) is 0 Å². The number of nitrogens with zero attached hydrogens (tertiary/aromatic N) is 3. The number of piperidine rings is 1. The molecule has 3 aromatic rings. The van der Waals surface area contributed by atoms with Crippen LogP contribution in [0.15, 0.2) is 60.7 Å². The van der Waals surface area contributed by atoms with Crippen LogP contribution < -0.4 is 10.1 Å². The molecule has 2 heterocycles. The predicted octanol–water partition coefficient (Wildman–Crippen LogP) is 3.03. The van der Waals surface area contributed by atoms with Crippen molar-refractivity contribution in [2.75, 3.05) is 19.7 Å². The molecule has 1 fully saturated rings. The minimum Gasteiger partial charge on any atom is -0.493 e. The quantitative estimate of drug-likeness (QED) is 0.553. The molecule has 8 nitrogen and oxygen atoms in total. The number of aryl methyl sites for hydroxylation is 1. The molecule has 1 saturated heterocycles. The summed E-state index contributed by atoms with van der Waals surface area (Å²) in [6.07, 6.45) is 1.82. The van der Waals surface area contributed by atoms with Crippen LogP contribution in [0.1, 0.15) is 42.5 Å². The predicted molar refractivity (Wildman–Crippen MR) is 123 cm³/mol. The maximum absolute atomic E-state index is 13.2. The Morgan fingerprint density at radius 3 is 2.58 bits per heavy atom. The van der Waals surface area contributed by atoms with Gasteiger partial charge in [-0.2, -0.15) is 5.10 Å². The minimum atomic E-state index is -0.450. The van der Waals surface area contributed by atoms with Crippen LogP contribution >= 0.6 is 0 Å². The molecule has 0 radical (unpaired) electrons. The first-order valence-corrected chi connectivity index (χ1v) is 11.3. The molecule has 0 saturated carbocycles. The third kappa shape index (κ3) is 5.97. The van der Waals surface area contributed by atoms with Crippen molar-refractivity contribution in [1.29, 1.82) is 0 Å². The fourth-order valence-electron chi connectivity index (χ4n) is 4.04. The Bertz CT molecular complexity index is 1050. The van der Waals surface area contributed by atoms with Gasteiger partial charge in [-0.25, -0.2) is 4.98 Å². The first kappa shape index (κ1) is 22.5. The zero-order chi connectivity index (χ0) is 23.0. The van der Waals surface area contributed by atoms with Crippen LogP contribution in [-0.4, -0.2) is 51.6 Å². The second kappa shape index (κ2) is 10.8. The summed E-state index contributed by atoms with van der Waals surface area (Å²) in [7, 11) is 0. The van der Waals surface area contributed by atoms with Crippen molar-refractivity contribution >= 4 is 11.8 Å². The van der Waals surface area contributed by atoms with Gasteiger partial charge in [0.15, 0.2) is 5.82 Å². The molecule has 2 aromatic carbocycles. The van der Waals surface area contributed by atoms with Gasteiger partial charge in [0, 0.05) is 13.1 Å². The van der Waals surface area contributed by atoms with E-state index < -0.39 is 6.04 Å². The normalized spacial score (nSPS) is 16.8. The molecule has 2 amide bonds. The van der Waals surface area contributed by atoms with Gasteiger partial charge in [-0.1, -0.05) is 48.5 Å². The SMILES string of the molecule is Cc1nc(C(NC(=O)C2CCCN(C(=O)CCOc3ccccc3)C2)c2ccccc2)n[nH]1. The maximum atomic E-state index is 13.2. The number of amides is 2. The van der Waals surface area contributed by atoms with Gasteiger partial charge in [0.2, 0.25) is 11.8 Å². The summed E-state index contributed by atoms with van der Waals surface area (Å²) < 4.78 is 5.65. The Morgan fingerprint density at radius 1 is 1.15 bits per heavy atom. The Hall–Kier alpha value is -3.68. The highest BCUT2D eigenvalue weighted by atomic mass is 16.5. The van der Waals surface area contributed by atoms with Gasteiger partial charge in [0.25, 0.3) is 0 Å². The second-order valence-corrected chi connectivity index (χ2v) is 8.22. The molecule has 0 spiro atoms. The van der Waals surface area contributed by atoms with Gasteiger partial charge < -0.3 is 15.0 Å². The van der Waals surface area contributed by atoms with Crippen molar-refractivity contribution in [3.05, 3.63) is 77.9 Å². The third-order valence-corrected chi connectivity index (χ3v) is 5.76. The average Bonchev–Trinajstić information content (AvgIpc) is 3.29. The van der Waals surface area contributed by atoms with Crippen LogP contribution in [0.5, 0.6) is 5.75 Å². The number of aromatic amines is 1. The zero-order valence-electron chi connectivity index (χ0n) is 18.7. The number of nitrogens with one attached hydrogen (secondary N) is 2. The summed E-state index contributed by atoms with van der Waals surface area (Å²) in [5.74, 6) is 1.59. The number of hydrogen-bond acceptors (Lipinski definition) is 5. The molecule has 2 N–H and O–H groups in total. The lowest BCUT2D eigenvalue weighted by Crippen LogP contribution is -2.46. The highest BCUT2D eigenvalue weighted by Gasteiger charge is 2.31. The number of ether oxygens (including phenoxy) is 1. The fraction of sp³-hybridized carbons (Fsp3) is 0.360. The molecular weight excluding hydrogens is 418 g/mol. The number of carbonyl (C=O) groups is 2. The lowest BCUT2D eigenvalue weighted by molar-refractivity contribution is -0.136. The summed E-state index contributed by atoms with van der Waals surface area (Å²) in [6, 6.07) is 18.7. The van der Waals surface area contributed by atoms with Crippen molar-refractivity contribution in [3.8, 4) is 5.75 Å². The summed E-state index contributed by atoms with van der Waals surface area (Å²) >= 11 is 0. The average molecular weight is 448 g/mol. The maximum Gasteiger partial charge on any atom is 0.226 e. The topological polar surface area (TPSA) is 100 Å². The Labute approximate surface area is 193 Å². The van der Waals surface area contributed by atoms with E-state index in [1.54, 1.807) is 4.90 Å². The highest BCUT2D eigenvalue weighted by Crippen LogP contribution is 2.23. The minimum absolute atomic E-state index is 0.00707. The Morgan fingerprint density at radius 2 is 1.88 bits per heavy atom. The van der Waals surface area contributed by atoms with Crippen LogP contribution in [0.4, 0.5) is 0 Å². The molecule has 8 heteroatoms. The lowest BCUT2D eigenvalue weighted by atomic mass is 9.95. The van der Waals surface area contributed by atoms with Gasteiger partial charge in [0.1, 0.15) is 17.6 Å².